The van der Waals surface area contributed by atoms with E-state index >= 15 is 0 Å². The van der Waals surface area contributed by atoms with Crippen molar-refractivity contribution in [3.8, 4) is 17.0 Å². The summed E-state index contributed by atoms with van der Waals surface area (Å²) >= 11 is 0. The number of fused-ring (bicyclic) bond motifs is 3. The molecule has 6 rings (SSSR count). The number of carbonyl (C=O) groups is 1. The van der Waals surface area contributed by atoms with E-state index in [0.717, 1.165) is 52.0 Å². The molecule has 1 amide bonds. The molecule has 9 heteroatoms. The third-order valence-electron chi connectivity index (χ3n) is 6.59. The SMILES string of the molecule is CC(=O)Nc1cc2c(-c3cc(OC4COC4)c4c(n3)C3(CCOC3)OCC4)cn(C)c2cn1. The van der Waals surface area contributed by atoms with Gasteiger partial charge < -0.3 is 28.8 Å². The molecule has 3 aliphatic heterocycles. The summed E-state index contributed by atoms with van der Waals surface area (Å²) in [6, 6.07) is 3.91. The highest BCUT2D eigenvalue weighted by Crippen LogP contribution is 2.44. The van der Waals surface area contributed by atoms with E-state index in [1.807, 2.05) is 29.9 Å². The summed E-state index contributed by atoms with van der Waals surface area (Å²) < 4.78 is 25.7. The Kier molecular flexibility index (Phi) is 4.86. The number of nitrogens with one attached hydrogen (secondary N) is 1. The molecule has 6 heterocycles. The molecule has 3 aromatic rings. The van der Waals surface area contributed by atoms with Crippen LogP contribution in [0.3, 0.4) is 0 Å². The highest BCUT2D eigenvalue weighted by Gasteiger charge is 2.44. The van der Waals surface area contributed by atoms with Gasteiger partial charge in [0.1, 0.15) is 23.3 Å². The number of hydrogen-bond donors (Lipinski definition) is 1. The Labute approximate surface area is 191 Å². The van der Waals surface area contributed by atoms with E-state index < -0.39 is 5.60 Å². The van der Waals surface area contributed by atoms with Crippen LogP contribution in [0.25, 0.3) is 22.2 Å². The molecule has 0 aromatic carbocycles. The van der Waals surface area contributed by atoms with Gasteiger partial charge in [0.15, 0.2) is 0 Å². The average molecular weight is 450 g/mol. The van der Waals surface area contributed by atoms with Crippen LogP contribution >= 0.6 is 0 Å². The van der Waals surface area contributed by atoms with Crippen LogP contribution in [-0.2, 0) is 38.1 Å². The second-order valence-electron chi connectivity index (χ2n) is 8.93. The lowest BCUT2D eigenvalue weighted by molar-refractivity contribution is -0.114. The minimum atomic E-state index is -0.536. The number of aromatic nitrogens is 3. The molecule has 1 spiro atoms. The highest BCUT2D eigenvalue weighted by atomic mass is 16.6. The van der Waals surface area contributed by atoms with Crippen LogP contribution in [0.15, 0.2) is 24.5 Å². The summed E-state index contributed by atoms with van der Waals surface area (Å²) in [4.78, 5) is 21.1. The van der Waals surface area contributed by atoms with Crippen LogP contribution in [0.5, 0.6) is 5.75 Å². The number of anilines is 1. The Bertz CT molecular complexity index is 1240. The zero-order valence-corrected chi connectivity index (χ0v) is 18.7. The number of aryl methyl sites for hydroxylation is 1. The van der Waals surface area contributed by atoms with E-state index in [0.29, 0.717) is 38.9 Å². The lowest BCUT2D eigenvalue weighted by atomic mass is 9.89. The van der Waals surface area contributed by atoms with Crippen LogP contribution in [0, 0.1) is 0 Å². The van der Waals surface area contributed by atoms with Gasteiger partial charge in [-0.3, -0.25) is 4.79 Å². The zero-order chi connectivity index (χ0) is 22.6. The van der Waals surface area contributed by atoms with Crippen molar-refractivity contribution in [1.82, 2.24) is 14.5 Å². The summed E-state index contributed by atoms with van der Waals surface area (Å²) in [6.07, 6.45) is 5.37. The molecule has 0 bridgehead atoms. The van der Waals surface area contributed by atoms with E-state index in [2.05, 4.69) is 10.3 Å². The Morgan fingerprint density at radius 3 is 2.88 bits per heavy atom. The van der Waals surface area contributed by atoms with E-state index in [1.165, 1.54) is 6.92 Å². The van der Waals surface area contributed by atoms with Gasteiger partial charge in [-0.1, -0.05) is 0 Å². The lowest BCUT2D eigenvalue weighted by Crippen LogP contribution is -2.40. The summed E-state index contributed by atoms with van der Waals surface area (Å²) in [6.45, 7) is 4.43. The summed E-state index contributed by atoms with van der Waals surface area (Å²) in [5.74, 6) is 1.18. The monoisotopic (exact) mass is 450 g/mol. The molecule has 1 atom stereocenters. The van der Waals surface area contributed by atoms with Crippen molar-refractivity contribution >= 4 is 22.6 Å². The normalized spacial score (nSPS) is 22.4. The first-order valence-electron chi connectivity index (χ1n) is 11.3. The van der Waals surface area contributed by atoms with Crippen LogP contribution in [0.2, 0.25) is 0 Å². The lowest BCUT2D eigenvalue weighted by Gasteiger charge is -2.36. The van der Waals surface area contributed by atoms with Crippen molar-refractivity contribution in [2.24, 2.45) is 7.05 Å². The molecule has 172 valence electrons. The van der Waals surface area contributed by atoms with Crippen molar-refractivity contribution in [1.29, 1.82) is 0 Å². The number of carbonyl (C=O) groups excluding carboxylic acids is 1. The number of ether oxygens (including phenoxy) is 4. The second-order valence-corrected chi connectivity index (χ2v) is 8.93. The largest absolute Gasteiger partial charge is 0.485 e. The Hall–Kier alpha value is -3.01. The Balaban J connectivity index is 1.53. The first-order valence-corrected chi connectivity index (χ1v) is 11.3. The molecule has 33 heavy (non-hydrogen) atoms. The molecule has 1 unspecified atom stereocenters. The Morgan fingerprint density at radius 2 is 2.15 bits per heavy atom. The molecular weight excluding hydrogens is 424 g/mol. The average Bonchev–Trinajstić information content (AvgIpc) is 3.36. The van der Waals surface area contributed by atoms with E-state index in [4.69, 9.17) is 23.9 Å². The molecule has 9 nitrogen and oxygen atoms in total. The number of rotatable bonds is 4. The molecule has 0 radical (unpaired) electrons. The number of pyridine rings is 2. The first kappa shape index (κ1) is 20.6. The molecule has 0 saturated carbocycles. The summed E-state index contributed by atoms with van der Waals surface area (Å²) in [5.41, 5.74) is 4.16. The number of hydrogen-bond acceptors (Lipinski definition) is 7. The number of nitrogens with zero attached hydrogens (tertiary/aromatic N) is 3. The van der Waals surface area contributed by atoms with Crippen LogP contribution in [-0.4, -0.2) is 59.6 Å². The minimum absolute atomic E-state index is 0.0473. The molecule has 2 fully saturated rings. The van der Waals surface area contributed by atoms with Crippen molar-refractivity contribution in [3.05, 3.63) is 35.8 Å². The topological polar surface area (TPSA) is 96.7 Å². The number of amides is 1. The Morgan fingerprint density at radius 1 is 1.27 bits per heavy atom. The van der Waals surface area contributed by atoms with Crippen LogP contribution < -0.4 is 10.1 Å². The molecule has 0 aliphatic carbocycles. The van der Waals surface area contributed by atoms with E-state index in [1.54, 1.807) is 6.20 Å². The standard InChI is InChI=1S/C24H26N4O5/c1-14(29)26-22-7-17-18(10-28(2)20(17)9-25-22)19-8-21(33-15-11-31-12-15)16-3-5-32-24(23(16)27-19)4-6-30-13-24/h7-10,15H,3-6,11-13H2,1-2H3,(H,25,26,29). The first-order chi connectivity index (χ1) is 16.0. The van der Waals surface area contributed by atoms with Crippen molar-refractivity contribution in [2.75, 3.05) is 38.4 Å². The van der Waals surface area contributed by atoms with Gasteiger partial charge in [-0.25, -0.2) is 9.97 Å². The van der Waals surface area contributed by atoms with Crippen molar-refractivity contribution in [3.63, 3.8) is 0 Å². The van der Waals surface area contributed by atoms with Crippen molar-refractivity contribution in [2.45, 2.75) is 31.5 Å². The van der Waals surface area contributed by atoms with E-state index in [9.17, 15) is 4.79 Å². The molecule has 1 N–H and O–H groups in total. The molecule has 3 aliphatic rings. The quantitative estimate of drug-likeness (QED) is 0.653. The highest BCUT2D eigenvalue weighted by molar-refractivity contribution is 5.98. The van der Waals surface area contributed by atoms with Gasteiger partial charge in [-0.05, 0) is 6.07 Å². The van der Waals surface area contributed by atoms with Gasteiger partial charge in [0.05, 0.1) is 49.5 Å². The molecule has 3 aromatic heterocycles. The maximum absolute atomic E-state index is 11.6. The maximum Gasteiger partial charge on any atom is 0.222 e. The summed E-state index contributed by atoms with van der Waals surface area (Å²) in [5, 5.41) is 3.73. The predicted molar refractivity (Wildman–Crippen MR) is 120 cm³/mol. The third kappa shape index (κ3) is 3.47. The second kappa shape index (κ2) is 7.79. The molecular formula is C24H26N4O5. The maximum atomic E-state index is 11.6. The fourth-order valence-electron chi connectivity index (χ4n) is 4.87. The predicted octanol–water partition coefficient (Wildman–Crippen LogP) is 2.56. The molecule has 2 saturated heterocycles. The van der Waals surface area contributed by atoms with Gasteiger partial charge in [0.2, 0.25) is 5.91 Å². The third-order valence-corrected chi connectivity index (χ3v) is 6.59. The van der Waals surface area contributed by atoms with E-state index in [-0.39, 0.29) is 12.0 Å². The fourth-order valence-corrected chi connectivity index (χ4v) is 4.87. The van der Waals surface area contributed by atoms with Crippen molar-refractivity contribution < 1.29 is 23.7 Å². The zero-order valence-electron chi connectivity index (χ0n) is 18.7. The van der Waals surface area contributed by atoms with Gasteiger partial charge >= 0.3 is 0 Å². The van der Waals surface area contributed by atoms with Gasteiger partial charge in [-0.15, -0.1) is 0 Å². The van der Waals surface area contributed by atoms with Gasteiger partial charge in [0.25, 0.3) is 0 Å². The van der Waals surface area contributed by atoms with Crippen LogP contribution in [0.1, 0.15) is 24.6 Å². The summed E-state index contributed by atoms with van der Waals surface area (Å²) in [7, 11) is 1.97. The van der Waals surface area contributed by atoms with Crippen LogP contribution in [0.4, 0.5) is 5.82 Å². The van der Waals surface area contributed by atoms with Gasteiger partial charge in [-0.2, -0.15) is 0 Å². The van der Waals surface area contributed by atoms with Gasteiger partial charge in [0, 0.05) is 62.2 Å². The fraction of sp³-hybridized carbons (Fsp3) is 0.458. The smallest absolute Gasteiger partial charge is 0.222 e. The minimum Gasteiger partial charge on any atom is -0.485 e.